The molecule has 0 spiro atoms. The molecule has 0 saturated heterocycles. The lowest BCUT2D eigenvalue weighted by Gasteiger charge is -2.13. The zero-order chi connectivity index (χ0) is 13.0. The van der Waals surface area contributed by atoms with Crippen LogP contribution in [0.4, 0.5) is 0 Å². The van der Waals surface area contributed by atoms with Gasteiger partial charge in [-0.05, 0) is 25.0 Å². The molecule has 2 rings (SSSR count). The number of benzene rings is 1. The van der Waals surface area contributed by atoms with E-state index < -0.39 is 0 Å². The maximum absolute atomic E-state index is 5.86. The van der Waals surface area contributed by atoms with Crippen molar-refractivity contribution < 1.29 is 4.74 Å². The summed E-state index contributed by atoms with van der Waals surface area (Å²) >= 11 is 0. The normalized spacial score (nSPS) is 10.7. The lowest BCUT2D eigenvalue weighted by Crippen LogP contribution is -2.05. The monoisotopic (exact) mass is 241 g/mol. The van der Waals surface area contributed by atoms with Crippen LogP contribution in [0.3, 0.4) is 0 Å². The maximum atomic E-state index is 5.86. The molecular formula is C16H19NO. The molecule has 0 aliphatic rings. The second-order valence-corrected chi connectivity index (χ2v) is 4.89. The summed E-state index contributed by atoms with van der Waals surface area (Å²) in [4.78, 5) is 4.34. The number of nitrogens with zero attached hydrogens (tertiary/aromatic N) is 1. The Morgan fingerprint density at radius 1 is 1.11 bits per heavy atom. The first-order valence-corrected chi connectivity index (χ1v) is 6.31. The first-order chi connectivity index (χ1) is 8.66. The number of rotatable bonds is 4. The van der Waals surface area contributed by atoms with Gasteiger partial charge in [0.2, 0.25) is 0 Å². The van der Waals surface area contributed by atoms with E-state index in [1.54, 1.807) is 0 Å². The zero-order valence-corrected chi connectivity index (χ0v) is 11.2. The van der Waals surface area contributed by atoms with Gasteiger partial charge in [0.15, 0.2) is 0 Å². The van der Waals surface area contributed by atoms with E-state index in [0.29, 0.717) is 5.92 Å². The van der Waals surface area contributed by atoms with Crippen LogP contribution in [0.25, 0.3) is 11.1 Å². The standard InChI is InChI=1S/C16H19NO/c1-12(2)11-18-16-7-5-4-6-15(16)14-9-8-13(3)17-10-14/h4-10,12H,11H2,1-3H3. The third-order valence-corrected chi connectivity index (χ3v) is 2.68. The van der Waals surface area contributed by atoms with Gasteiger partial charge in [-0.15, -0.1) is 0 Å². The van der Waals surface area contributed by atoms with Gasteiger partial charge in [-0.1, -0.05) is 38.1 Å². The van der Waals surface area contributed by atoms with E-state index in [0.717, 1.165) is 29.2 Å². The van der Waals surface area contributed by atoms with Gasteiger partial charge < -0.3 is 4.74 Å². The predicted molar refractivity (Wildman–Crippen MR) is 74.7 cm³/mol. The number of para-hydroxylation sites is 1. The van der Waals surface area contributed by atoms with Crippen LogP contribution in [-0.4, -0.2) is 11.6 Å². The quantitative estimate of drug-likeness (QED) is 0.804. The Hall–Kier alpha value is -1.83. The lowest BCUT2D eigenvalue weighted by molar-refractivity contribution is 0.272. The summed E-state index contributed by atoms with van der Waals surface area (Å²) in [5, 5.41) is 0. The molecule has 2 aromatic rings. The number of hydrogen-bond acceptors (Lipinski definition) is 2. The van der Waals surface area contributed by atoms with E-state index in [9.17, 15) is 0 Å². The van der Waals surface area contributed by atoms with Crippen molar-refractivity contribution in [2.75, 3.05) is 6.61 Å². The van der Waals surface area contributed by atoms with Crippen molar-refractivity contribution in [2.24, 2.45) is 5.92 Å². The Labute approximate surface area is 109 Å². The Balaban J connectivity index is 2.29. The van der Waals surface area contributed by atoms with Crippen molar-refractivity contribution in [3.63, 3.8) is 0 Å². The van der Waals surface area contributed by atoms with Crippen LogP contribution in [0, 0.1) is 12.8 Å². The van der Waals surface area contributed by atoms with E-state index in [1.807, 2.05) is 37.4 Å². The van der Waals surface area contributed by atoms with Gasteiger partial charge in [-0.3, -0.25) is 4.98 Å². The number of aromatic nitrogens is 1. The molecular weight excluding hydrogens is 222 g/mol. The van der Waals surface area contributed by atoms with Crippen molar-refractivity contribution in [1.29, 1.82) is 0 Å². The van der Waals surface area contributed by atoms with Crippen LogP contribution < -0.4 is 4.74 Å². The minimum absolute atomic E-state index is 0.522. The highest BCUT2D eigenvalue weighted by atomic mass is 16.5. The molecule has 94 valence electrons. The molecule has 2 heteroatoms. The summed E-state index contributed by atoms with van der Waals surface area (Å²) in [7, 11) is 0. The van der Waals surface area contributed by atoms with Crippen molar-refractivity contribution in [3.8, 4) is 16.9 Å². The first-order valence-electron chi connectivity index (χ1n) is 6.31. The molecule has 0 radical (unpaired) electrons. The van der Waals surface area contributed by atoms with E-state index in [4.69, 9.17) is 4.74 Å². The number of hydrogen-bond donors (Lipinski definition) is 0. The summed E-state index contributed by atoms with van der Waals surface area (Å²) in [5.41, 5.74) is 3.23. The van der Waals surface area contributed by atoms with Gasteiger partial charge in [-0.25, -0.2) is 0 Å². The Bertz CT molecular complexity index is 503. The number of aryl methyl sites for hydroxylation is 1. The van der Waals surface area contributed by atoms with Crippen LogP contribution in [0.1, 0.15) is 19.5 Å². The highest BCUT2D eigenvalue weighted by Gasteiger charge is 2.06. The highest BCUT2D eigenvalue weighted by Crippen LogP contribution is 2.29. The van der Waals surface area contributed by atoms with E-state index in [-0.39, 0.29) is 0 Å². The van der Waals surface area contributed by atoms with Crippen LogP contribution in [0.15, 0.2) is 42.6 Å². The predicted octanol–water partition coefficient (Wildman–Crippen LogP) is 4.09. The lowest BCUT2D eigenvalue weighted by atomic mass is 10.1. The minimum Gasteiger partial charge on any atom is -0.493 e. The molecule has 0 bridgehead atoms. The van der Waals surface area contributed by atoms with Gasteiger partial charge in [0.25, 0.3) is 0 Å². The molecule has 0 unspecified atom stereocenters. The summed E-state index contributed by atoms with van der Waals surface area (Å²) in [5.74, 6) is 1.45. The van der Waals surface area contributed by atoms with Gasteiger partial charge in [-0.2, -0.15) is 0 Å². The van der Waals surface area contributed by atoms with Crippen molar-refractivity contribution >= 4 is 0 Å². The first kappa shape index (κ1) is 12.6. The summed E-state index contributed by atoms with van der Waals surface area (Å²) in [6.45, 7) is 7.02. The zero-order valence-electron chi connectivity index (χ0n) is 11.2. The molecule has 0 aliphatic carbocycles. The van der Waals surface area contributed by atoms with Crippen LogP contribution >= 0.6 is 0 Å². The summed E-state index contributed by atoms with van der Waals surface area (Å²) in [6, 6.07) is 12.2. The van der Waals surface area contributed by atoms with E-state index in [1.165, 1.54) is 0 Å². The molecule has 1 aromatic heterocycles. The fraction of sp³-hybridized carbons (Fsp3) is 0.312. The molecule has 0 aliphatic heterocycles. The highest BCUT2D eigenvalue weighted by molar-refractivity contribution is 5.69. The Morgan fingerprint density at radius 2 is 1.89 bits per heavy atom. The van der Waals surface area contributed by atoms with E-state index in [2.05, 4.69) is 31.0 Å². The van der Waals surface area contributed by atoms with Crippen LogP contribution in [0.2, 0.25) is 0 Å². The second kappa shape index (κ2) is 5.67. The summed E-state index contributed by atoms with van der Waals surface area (Å²) < 4.78 is 5.86. The van der Waals surface area contributed by atoms with Crippen molar-refractivity contribution in [3.05, 3.63) is 48.3 Å². The van der Waals surface area contributed by atoms with Gasteiger partial charge in [0, 0.05) is 23.0 Å². The molecule has 0 saturated carbocycles. The van der Waals surface area contributed by atoms with Crippen molar-refractivity contribution in [2.45, 2.75) is 20.8 Å². The largest absolute Gasteiger partial charge is 0.493 e. The third kappa shape index (κ3) is 3.10. The van der Waals surface area contributed by atoms with Crippen molar-refractivity contribution in [1.82, 2.24) is 4.98 Å². The molecule has 18 heavy (non-hydrogen) atoms. The van der Waals surface area contributed by atoms with E-state index >= 15 is 0 Å². The fourth-order valence-electron chi connectivity index (χ4n) is 1.71. The van der Waals surface area contributed by atoms with Gasteiger partial charge >= 0.3 is 0 Å². The van der Waals surface area contributed by atoms with Crippen LogP contribution in [0.5, 0.6) is 5.75 Å². The molecule has 0 fully saturated rings. The second-order valence-electron chi connectivity index (χ2n) is 4.89. The number of ether oxygens (including phenoxy) is 1. The van der Waals surface area contributed by atoms with Gasteiger partial charge in [0.1, 0.15) is 5.75 Å². The van der Waals surface area contributed by atoms with Gasteiger partial charge in [0.05, 0.1) is 6.61 Å². The Kier molecular flexibility index (Phi) is 3.98. The summed E-state index contributed by atoms with van der Waals surface area (Å²) in [6.07, 6.45) is 1.90. The third-order valence-electron chi connectivity index (χ3n) is 2.68. The average molecular weight is 241 g/mol. The number of pyridine rings is 1. The SMILES string of the molecule is Cc1ccc(-c2ccccc2OCC(C)C)cn1. The van der Waals surface area contributed by atoms with Crippen LogP contribution in [-0.2, 0) is 0 Å². The fourth-order valence-corrected chi connectivity index (χ4v) is 1.71. The molecule has 0 amide bonds. The molecule has 0 atom stereocenters. The smallest absolute Gasteiger partial charge is 0.127 e. The Morgan fingerprint density at radius 3 is 2.56 bits per heavy atom. The molecule has 2 nitrogen and oxygen atoms in total. The molecule has 1 heterocycles. The average Bonchev–Trinajstić information content (AvgIpc) is 2.38. The maximum Gasteiger partial charge on any atom is 0.127 e. The minimum atomic E-state index is 0.522. The topological polar surface area (TPSA) is 22.1 Å². The molecule has 0 N–H and O–H groups in total. The molecule has 1 aromatic carbocycles.